The summed E-state index contributed by atoms with van der Waals surface area (Å²) in [6, 6.07) is 21.0. The van der Waals surface area contributed by atoms with Crippen LogP contribution in [0.3, 0.4) is 0 Å². The van der Waals surface area contributed by atoms with Crippen LogP contribution in [0, 0.1) is 5.82 Å². The van der Waals surface area contributed by atoms with Crippen LogP contribution >= 0.6 is 0 Å². The van der Waals surface area contributed by atoms with E-state index >= 15 is 0 Å². The van der Waals surface area contributed by atoms with Crippen molar-refractivity contribution in [2.24, 2.45) is 7.05 Å². The first kappa shape index (κ1) is 16.8. The highest BCUT2D eigenvalue weighted by atomic mass is 19.1. The molecule has 0 unspecified atom stereocenters. The number of aromatic nitrogens is 3. The third-order valence-corrected chi connectivity index (χ3v) is 4.27. The van der Waals surface area contributed by atoms with Gasteiger partial charge < -0.3 is 9.88 Å². The Morgan fingerprint density at radius 1 is 1.00 bits per heavy atom. The van der Waals surface area contributed by atoms with Crippen LogP contribution in [-0.2, 0) is 7.05 Å². The molecule has 0 saturated heterocycles. The first-order valence-corrected chi connectivity index (χ1v) is 8.46. The van der Waals surface area contributed by atoms with E-state index in [0.29, 0.717) is 11.4 Å². The van der Waals surface area contributed by atoms with Gasteiger partial charge in [0.05, 0.1) is 17.1 Å². The molecule has 0 atom stereocenters. The molecule has 6 heteroatoms. The van der Waals surface area contributed by atoms with Crippen LogP contribution < -0.4 is 5.32 Å². The van der Waals surface area contributed by atoms with E-state index in [1.807, 2.05) is 60.3 Å². The molecule has 0 spiro atoms. The summed E-state index contributed by atoms with van der Waals surface area (Å²) in [6.45, 7) is 0. The highest BCUT2D eigenvalue weighted by molar-refractivity contribution is 6.04. The van der Waals surface area contributed by atoms with E-state index in [0.717, 1.165) is 11.4 Å². The zero-order chi connectivity index (χ0) is 18.8. The predicted octanol–water partition coefficient (Wildman–Crippen LogP) is 4.27. The highest BCUT2D eigenvalue weighted by Gasteiger charge is 2.19. The molecule has 0 aliphatic rings. The number of hydrogen-bond donors (Lipinski definition) is 1. The Hall–Kier alpha value is -3.67. The van der Waals surface area contributed by atoms with E-state index in [4.69, 9.17) is 0 Å². The van der Waals surface area contributed by atoms with Crippen LogP contribution in [0.2, 0.25) is 0 Å². The van der Waals surface area contributed by atoms with Crippen LogP contribution in [0.1, 0.15) is 10.5 Å². The second-order valence-corrected chi connectivity index (χ2v) is 6.10. The van der Waals surface area contributed by atoms with Crippen molar-refractivity contribution in [3.63, 3.8) is 0 Å². The molecular formula is C21H17FN4O. The molecule has 134 valence electrons. The molecule has 0 aliphatic carbocycles. The molecule has 0 saturated carbocycles. The third-order valence-electron chi connectivity index (χ3n) is 4.27. The number of halogens is 1. The summed E-state index contributed by atoms with van der Waals surface area (Å²) < 4.78 is 17.4. The molecule has 2 heterocycles. The van der Waals surface area contributed by atoms with Gasteiger partial charge in [-0.05, 0) is 42.5 Å². The third kappa shape index (κ3) is 3.25. The van der Waals surface area contributed by atoms with Crippen molar-refractivity contribution in [2.75, 3.05) is 5.32 Å². The minimum Gasteiger partial charge on any atom is -0.349 e. The first-order chi connectivity index (χ1) is 13.1. The van der Waals surface area contributed by atoms with Gasteiger partial charge in [-0.1, -0.05) is 30.3 Å². The molecular weight excluding hydrogens is 343 g/mol. The molecule has 4 rings (SSSR count). The number of benzene rings is 2. The maximum Gasteiger partial charge on any atom is 0.274 e. The van der Waals surface area contributed by atoms with Crippen molar-refractivity contribution in [2.45, 2.75) is 0 Å². The highest BCUT2D eigenvalue weighted by Crippen LogP contribution is 2.23. The van der Waals surface area contributed by atoms with Gasteiger partial charge in [0, 0.05) is 13.2 Å². The van der Waals surface area contributed by atoms with Gasteiger partial charge in [-0.2, -0.15) is 5.10 Å². The van der Waals surface area contributed by atoms with Gasteiger partial charge in [0.2, 0.25) is 0 Å². The number of amides is 1. The summed E-state index contributed by atoms with van der Waals surface area (Å²) in [5, 5.41) is 7.24. The average Bonchev–Trinajstić information content (AvgIpc) is 3.30. The zero-order valence-corrected chi connectivity index (χ0v) is 14.6. The van der Waals surface area contributed by atoms with E-state index in [1.54, 1.807) is 22.9 Å². The number of nitrogens with zero attached hydrogens (tertiary/aromatic N) is 3. The second-order valence-electron chi connectivity index (χ2n) is 6.10. The van der Waals surface area contributed by atoms with Gasteiger partial charge >= 0.3 is 0 Å². The fraction of sp³-hybridized carbons (Fsp3) is 0.0476. The van der Waals surface area contributed by atoms with Crippen LogP contribution in [0.5, 0.6) is 0 Å². The molecule has 4 aromatic rings. The van der Waals surface area contributed by atoms with Crippen molar-refractivity contribution in [3.05, 3.63) is 90.5 Å². The van der Waals surface area contributed by atoms with Gasteiger partial charge in [-0.3, -0.25) is 4.79 Å². The Labute approximate surface area is 155 Å². The van der Waals surface area contributed by atoms with E-state index < -0.39 is 11.7 Å². The monoisotopic (exact) mass is 360 g/mol. The first-order valence-electron chi connectivity index (χ1n) is 8.46. The van der Waals surface area contributed by atoms with Crippen LogP contribution in [0.4, 0.5) is 10.1 Å². The molecule has 2 aromatic heterocycles. The minimum atomic E-state index is -0.487. The number of carbonyl (C=O) groups is 1. The largest absolute Gasteiger partial charge is 0.349 e. The zero-order valence-electron chi connectivity index (χ0n) is 14.6. The van der Waals surface area contributed by atoms with Gasteiger partial charge in [-0.25, -0.2) is 9.07 Å². The molecule has 27 heavy (non-hydrogen) atoms. The Bertz CT molecular complexity index is 1100. The minimum absolute atomic E-state index is 0.128. The maximum atomic E-state index is 13.9. The number of anilines is 1. The van der Waals surface area contributed by atoms with Crippen molar-refractivity contribution in [3.8, 4) is 17.1 Å². The number of aryl methyl sites for hydroxylation is 1. The summed E-state index contributed by atoms with van der Waals surface area (Å²) in [5.74, 6) is -0.920. The number of hydrogen-bond acceptors (Lipinski definition) is 2. The lowest BCUT2D eigenvalue weighted by Crippen LogP contribution is -2.17. The Balaban J connectivity index is 1.78. The molecule has 0 aliphatic heterocycles. The number of nitrogens with one attached hydrogen (secondary N) is 1. The molecule has 2 aromatic carbocycles. The van der Waals surface area contributed by atoms with Crippen molar-refractivity contribution >= 4 is 11.6 Å². The van der Waals surface area contributed by atoms with E-state index in [-0.39, 0.29) is 5.69 Å². The fourth-order valence-electron chi connectivity index (χ4n) is 2.91. The lowest BCUT2D eigenvalue weighted by Gasteiger charge is -2.08. The molecule has 1 N–H and O–H groups in total. The van der Waals surface area contributed by atoms with Gasteiger partial charge in [0.25, 0.3) is 5.91 Å². The fourth-order valence-corrected chi connectivity index (χ4v) is 2.91. The van der Waals surface area contributed by atoms with E-state index in [2.05, 4.69) is 10.4 Å². The quantitative estimate of drug-likeness (QED) is 0.591. The number of para-hydroxylation sites is 2. The molecule has 0 fully saturated rings. The number of carbonyl (C=O) groups excluding carboxylic acids is 1. The van der Waals surface area contributed by atoms with Gasteiger partial charge in [0.15, 0.2) is 0 Å². The smallest absolute Gasteiger partial charge is 0.274 e. The Morgan fingerprint density at radius 2 is 1.74 bits per heavy atom. The lowest BCUT2D eigenvalue weighted by atomic mass is 10.2. The average molecular weight is 360 g/mol. The summed E-state index contributed by atoms with van der Waals surface area (Å²) in [4.78, 5) is 12.9. The predicted molar refractivity (Wildman–Crippen MR) is 102 cm³/mol. The molecule has 0 bridgehead atoms. The Morgan fingerprint density at radius 3 is 2.44 bits per heavy atom. The van der Waals surface area contributed by atoms with Gasteiger partial charge in [0.1, 0.15) is 17.2 Å². The Kier molecular flexibility index (Phi) is 4.30. The van der Waals surface area contributed by atoms with Crippen molar-refractivity contribution in [1.82, 2.24) is 14.3 Å². The number of rotatable bonds is 4. The van der Waals surface area contributed by atoms with Crippen molar-refractivity contribution < 1.29 is 9.18 Å². The molecule has 1 amide bonds. The summed E-state index contributed by atoms with van der Waals surface area (Å²) >= 11 is 0. The van der Waals surface area contributed by atoms with Crippen LogP contribution in [0.15, 0.2) is 79.0 Å². The second kappa shape index (κ2) is 6.92. The summed E-state index contributed by atoms with van der Waals surface area (Å²) in [7, 11) is 1.91. The van der Waals surface area contributed by atoms with Gasteiger partial charge in [-0.15, -0.1) is 0 Å². The van der Waals surface area contributed by atoms with Crippen LogP contribution in [-0.4, -0.2) is 20.3 Å². The lowest BCUT2D eigenvalue weighted by molar-refractivity contribution is 0.101. The van der Waals surface area contributed by atoms with Crippen LogP contribution in [0.25, 0.3) is 17.1 Å². The normalized spacial score (nSPS) is 10.7. The molecule has 5 nitrogen and oxygen atoms in total. The standard InChI is InChI=1S/C21H17FN4O/c1-25-13-7-12-19(25)18-14-20(26(24-18)15-8-3-2-4-9-15)21(27)23-17-11-6-5-10-16(17)22/h2-14H,1H3,(H,23,27). The summed E-state index contributed by atoms with van der Waals surface area (Å²) in [5.41, 5.74) is 2.73. The van der Waals surface area contributed by atoms with E-state index in [9.17, 15) is 9.18 Å². The molecule has 0 radical (unpaired) electrons. The summed E-state index contributed by atoms with van der Waals surface area (Å²) in [6.07, 6.45) is 1.91. The van der Waals surface area contributed by atoms with Crippen molar-refractivity contribution in [1.29, 1.82) is 0 Å². The maximum absolute atomic E-state index is 13.9. The van der Waals surface area contributed by atoms with E-state index in [1.165, 1.54) is 12.1 Å². The topological polar surface area (TPSA) is 51.9 Å². The SMILES string of the molecule is Cn1cccc1-c1cc(C(=O)Nc2ccccc2F)n(-c2ccccc2)n1.